The fourth-order valence-electron chi connectivity index (χ4n) is 1.66. The van der Waals surface area contributed by atoms with E-state index in [4.69, 9.17) is 0 Å². The molecule has 0 saturated heterocycles. The number of aromatic nitrogens is 2. The third-order valence-electron chi connectivity index (χ3n) is 2.31. The summed E-state index contributed by atoms with van der Waals surface area (Å²) in [6.45, 7) is 3.79. The van der Waals surface area contributed by atoms with E-state index in [-0.39, 0.29) is 32.7 Å². The molecule has 0 unspecified atom stereocenters. The summed E-state index contributed by atoms with van der Waals surface area (Å²) < 4.78 is 0. The van der Waals surface area contributed by atoms with Crippen molar-refractivity contribution in [3.63, 3.8) is 0 Å². The molecule has 3 heteroatoms. The van der Waals surface area contributed by atoms with Gasteiger partial charge in [0.1, 0.15) is 0 Å². The number of rotatable bonds is 0. The standard InChI is InChI=1S/C10H13N2.Y/c1-8-7-11-9-5-3-2-4-6-10(9)12-8;/h7H,1-6H2;/q-1;. The fraction of sp³-hybridized carbons (Fsp3) is 0.500. The van der Waals surface area contributed by atoms with Crippen LogP contribution in [0.1, 0.15) is 36.3 Å². The van der Waals surface area contributed by atoms with Crippen LogP contribution in [0.25, 0.3) is 0 Å². The molecule has 0 aliphatic heterocycles. The monoisotopic (exact) mass is 250 g/mol. The van der Waals surface area contributed by atoms with E-state index >= 15 is 0 Å². The zero-order valence-corrected chi connectivity index (χ0v) is 10.6. The van der Waals surface area contributed by atoms with Crippen molar-refractivity contribution >= 4 is 0 Å². The second-order valence-corrected chi connectivity index (χ2v) is 3.32. The minimum atomic E-state index is 0. The smallest absolute Gasteiger partial charge is 0.0570 e. The molecule has 67 valence electrons. The molecule has 1 heterocycles. The van der Waals surface area contributed by atoms with Gasteiger partial charge in [0.05, 0.1) is 5.69 Å². The third-order valence-corrected chi connectivity index (χ3v) is 2.31. The molecule has 0 N–H and O–H groups in total. The van der Waals surface area contributed by atoms with Crippen LogP contribution in [0.5, 0.6) is 0 Å². The van der Waals surface area contributed by atoms with Gasteiger partial charge in [-0.25, -0.2) is 6.92 Å². The zero-order chi connectivity index (χ0) is 8.39. The molecule has 1 aromatic heterocycles. The van der Waals surface area contributed by atoms with Gasteiger partial charge < -0.3 is 4.98 Å². The van der Waals surface area contributed by atoms with E-state index in [1.807, 2.05) is 0 Å². The van der Waals surface area contributed by atoms with Crippen LogP contribution in [-0.4, -0.2) is 9.97 Å². The van der Waals surface area contributed by atoms with Gasteiger partial charge in [-0.3, -0.25) is 4.98 Å². The predicted octanol–water partition coefficient (Wildman–Crippen LogP) is 1.93. The molecule has 0 atom stereocenters. The summed E-state index contributed by atoms with van der Waals surface area (Å²) in [4.78, 5) is 8.75. The van der Waals surface area contributed by atoms with Gasteiger partial charge in [-0.05, 0) is 25.7 Å². The van der Waals surface area contributed by atoms with Crippen LogP contribution in [0.4, 0.5) is 0 Å². The molecule has 0 spiro atoms. The van der Waals surface area contributed by atoms with Crippen LogP contribution in [-0.2, 0) is 45.6 Å². The molecule has 0 aromatic carbocycles. The number of hydrogen-bond donors (Lipinski definition) is 0. The van der Waals surface area contributed by atoms with E-state index in [0.717, 1.165) is 18.5 Å². The Bertz CT molecular complexity index is 286. The Balaban J connectivity index is 0.000000845. The van der Waals surface area contributed by atoms with E-state index in [1.165, 1.54) is 30.7 Å². The van der Waals surface area contributed by atoms with Gasteiger partial charge in [-0.1, -0.05) is 18.3 Å². The summed E-state index contributed by atoms with van der Waals surface area (Å²) in [5.41, 5.74) is 3.18. The summed E-state index contributed by atoms with van der Waals surface area (Å²) in [5, 5.41) is 0. The third kappa shape index (κ3) is 2.75. The Morgan fingerprint density at radius 1 is 1.08 bits per heavy atom. The summed E-state index contributed by atoms with van der Waals surface area (Å²) in [5.74, 6) is 0. The van der Waals surface area contributed by atoms with Crippen LogP contribution in [0, 0.1) is 6.92 Å². The Labute approximate surface area is 104 Å². The van der Waals surface area contributed by atoms with Crippen LogP contribution in [0.3, 0.4) is 0 Å². The van der Waals surface area contributed by atoms with Crippen LogP contribution >= 0.6 is 0 Å². The number of fused-ring (bicyclic) bond motifs is 1. The van der Waals surface area contributed by atoms with Crippen molar-refractivity contribution in [2.24, 2.45) is 0 Å². The maximum absolute atomic E-state index is 4.40. The van der Waals surface area contributed by atoms with Crippen molar-refractivity contribution in [3.8, 4) is 0 Å². The molecule has 1 aliphatic rings. The van der Waals surface area contributed by atoms with E-state index < -0.39 is 0 Å². The molecular formula is C10H13N2Y-. The average Bonchev–Trinajstić information content (AvgIpc) is 2.28. The van der Waals surface area contributed by atoms with Crippen molar-refractivity contribution < 1.29 is 32.7 Å². The van der Waals surface area contributed by atoms with Crippen molar-refractivity contribution in [1.29, 1.82) is 0 Å². The molecular weight excluding hydrogens is 237 g/mol. The van der Waals surface area contributed by atoms with Crippen LogP contribution in [0.2, 0.25) is 0 Å². The Morgan fingerprint density at radius 3 is 2.54 bits per heavy atom. The summed E-state index contributed by atoms with van der Waals surface area (Å²) in [6.07, 6.45) is 7.78. The first-order valence-electron chi connectivity index (χ1n) is 4.53. The van der Waals surface area contributed by atoms with Gasteiger partial charge in [0.25, 0.3) is 0 Å². The molecule has 2 nitrogen and oxygen atoms in total. The van der Waals surface area contributed by atoms with Gasteiger partial charge in [-0.15, -0.1) is 0 Å². The van der Waals surface area contributed by atoms with E-state index in [0.29, 0.717) is 0 Å². The molecule has 2 rings (SSSR count). The van der Waals surface area contributed by atoms with Crippen molar-refractivity contribution in [2.45, 2.75) is 32.1 Å². The molecule has 0 bridgehead atoms. The summed E-state index contributed by atoms with van der Waals surface area (Å²) in [6, 6.07) is 0. The zero-order valence-electron chi connectivity index (χ0n) is 7.79. The second kappa shape index (κ2) is 5.06. The van der Waals surface area contributed by atoms with Crippen LogP contribution < -0.4 is 0 Å². The van der Waals surface area contributed by atoms with Crippen molar-refractivity contribution in [2.75, 3.05) is 0 Å². The summed E-state index contributed by atoms with van der Waals surface area (Å²) >= 11 is 0. The molecule has 1 aromatic rings. The minimum Gasteiger partial charge on any atom is -0.352 e. The maximum atomic E-state index is 4.40. The normalized spacial score (nSPS) is 15.4. The van der Waals surface area contributed by atoms with Gasteiger partial charge in [0.15, 0.2) is 0 Å². The van der Waals surface area contributed by atoms with E-state index in [9.17, 15) is 0 Å². The quantitative estimate of drug-likeness (QED) is 0.519. The SMILES string of the molecule is [CH2-]c1cnc2c(n1)CCCCC2.[Y]. The van der Waals surface area contributed by atoms with Gasteiger partial charge in [0, 0.05) is 38.4 Å². The van der Waals surface area contributed by atoms with Gasteiger partial charge in [-0.2, -0.15) is 0 Å². The number of aryl methyl sites for hydroxylation is 2. The summed E-state index contributed by atoms with van der Waals surface area (Å²) in [7, 11) is 0. The molecule has 1 radical (unpaired) electrons. The second-order valence-electron chi connectivity index (χ2n) is 3.32. The molecule has 0 fully saturated rings. The number of hydrogen-bond acceptors (Lipinski definition) is 2. The molecule has 0 amide bonds. The minimum absolute atomic E-state index is 0. The predicted molar refractivity (Wildman–Crippen MR) is 47.8 cm³/mol. The molecule has 0 saturated carbocycles. The van der Waals surface area contributed by atoms with Gasteiger partial charge in [0.2, 0.25) is 0 Å². The Hall–Kier alpha value is 0.0539. The van der Waals surface area contributed by atoms with Crippen LogP contribution in [0.15, 0.2) is 6.20 Å². The first-order chi connectivity index (χ1) is 5.86. The van der Waals surface area contributed by atoms with Gasteiger partial charge >= 0.3 is 0 Å². The first kappa shape index (κ1) is 11.1. The van der Waals surface area contributed by atoms with Crippen molar-refractivity contribution in [3.05, 3.63) is 30.2 Å². The Morgan fingerprint density at radius 2 is 1.77 bits per heavy atom. The Kier molecular flexibility index (Phi) is 4.34. The average molecular weight is 250 g/mol. The van der Waals surface area contributed by atoms with E-state index in [2.05, 4.69) is 16.9 Å². The fourth-order valence-corrected chi connectivity index (χ4v) is 1.66. The van der Waals surface area contributed by atoms with E-state index in [1.54, 1.807) is 6.20 Å². The molecule has 1 aliphatic carbocycles. The largest absolute Gasteiger partial charge is 0.352 e. The topological polar surface area (TPSA) is 25.8 Å². The first-order valence-corrected chi connectivity index (χ1v) is 4.53. The number of nitrogens with zero attached hydrogens (tertiary/aromatic N) is 2. The van der Waals surface area contributed by atoms with Crippen molar-refractivity contribution in [1.82, 2.24) is 9.97 Å². The maximum Gasteiger partial charge on any atom is 0.0570 e. The molecule has 13 heavy (non-hydrogen) atoms.